The van der Waals surface area contributed by atoms with Crippen LogP contribution in [-0.2, 0) is 26.2 Å². The van der Waals surface area contributed by atoms with Crippen LogP contribution in [0.25, 0.3) is 11.2 Å². The summed E-state index contributed by atoms with van der Waals surface area (Å²) in [7, 11) is 1.65. The standard InChI is InChI=1S/C25H30F3N7O/c1-6-33-20(11-12-29)30-21-22(31-24(36)32(5)23(21)33)35-14-15(2)34(13-16(35)3)17(4)18-7-9-19(10-8-18)25(26,27)28/h7-10,15-17H,6,11,13-14H2,1-5H3/t15-,16+,17?/m1/s1. The Bertz CT molecular complexity index is 1350. The molecule has 1 saturated heterocycles. The van der Waals surface area contributed by atoms with Crippen molar-refractivity contribution in [3.8, 4) is 6.07 Å². The van der Waals surface area contributed by atoms with E-state index in [0.29, 0.717) is 42.4 Å². The Hall–Kier alpha value is -3.39. The van der Waals surface area contributed by atoms with Crippen molar-refractivity contribution < 1.29 is 13.2 Å². The molecule has 3 heterocycles. The molecule has 0 radical (unpaired) electrons. The van der Waals surface area contributed by atoms with Gasteiger partial charge in [0.2, 0.25) is 0 Å². The monoisotopic (exact) mass is 501 g/mol. The molecule has 36 heavy (non-hydrogen) atoms. The Morgan fingerprint density at radius 1 is 1.14 bits per heavy atom. The summed E-state index contributed by atoms with van der Waals surface area (Å²) in [6.45, 7) is 9.79. The minimum Gasteiger partial charge on any atom is -0.349 e. The molecule has 3 atom stereocenters. The second-order valence-corrected chi connectivity index (χ2v) is 9.40. The minimum atomic E-state index is -4.36. The van der Waals surface area contributed by atoms with E-state index in [-0.39, 0.29) is 24.5 Å². The van der Waals surface area contributed by atoms with Gasteiger partial charge in [-0.15, -0.1) is 0 Å². The first-order chi connectivity index (χ1) is 17.0. The lowest BCUT2D eigenvalue weighted by molar-refractivity contribution is -0.137. The number of nitrogens with zero attached hydrogens (tertiary/aromatic N) is 7. The maximum atomic E-state index is 13.0. The molecule has 1 aromatic carbocycles. The summed E-state index contributed by atoms with van der Waals surface area (Å²) in [5, 5.41) is 9.25. The third-order valence-corrected chi connectivity index (χ3v) is 7.12. The number of imidazole rings is 1. The van der Waals surface area contributed by atoms with E-state index in [0.717, 1.165) is 17.7 Å². The maximum absolute atomic E-state index is 13.0. The van der Waals surface area contributed by atoms with Crippen molar-refractivity contribution in [1.29, 1.82) is 5.26 Å². The predicted molar refractivity (Wildman–Crippen MR) is 131 cm³/mol. The average Bonchev–Trinajstić information content (AvgIpc) is 3.20. The maximum Gasteiger partial charge on any atom is 0.416 e. The molecular formula is C25H30F3N7O. The van der Waals surface area contributed by atoms with E-state index in [1.165, 1.54) is 16.7 Å². The van der Waals surface area contributed by atoms with Crippen LogP contribution in [0.1, 0.15) is 50.7 Å². The Morgan fingerprint density at radius 3 is 2.39 bits per heavy atom. The van der Waals surface area contributed by atoms with E-state index in [1.807, 2.05) is 25.3 Å². The molecule has 0 amide bonds. The molecule has 0 bridgehead atoms. The highest BCUT2D eigenvalue weighted by Crippen LogP contribution is 2.34. The number of nitriles is 1. The molecule has 11 heteroatoms. The molecule has 3 aromatic rings. The smallest absolute Gasteiger partial charge is 0.349 e. The lowest BCUT2D eigenvalue weighted by Crippen LogP contribution is -2.57. The zero-order chi connectivity index (χ0) is 26.4. The summed E-state index contributed by atoms with van der Waals surface area (Å²) in [5.74, 6) is 1.09. The lowest BCUT2D eigenvalue weighted by Gasteiger charge is -2.47. The Kier molecular flexibility index (Phi) is 6.84. The fourth-order valence-electron chi connectivity index (χ4n) is 5.16. The number of aromatic nitrogens is 4. The third-order valence-electron chi connectivity index (χ3n) is 7.12. The second-order valence-electron chi connectivity index (χ2n) is 9.40. The third kappa shape index (κ3) is 4.46. The first kappa shape index (κ1) is 25.7. The van der Waals surface area contributed by atoms with Gasteiger partial charge >= 0.3 is 11.9 Å². The highest BCUT2D eigenvalue weighted by atomic mass is 19.4. The van der Waals surface area contributed by atoms with Gasteiger partial charge < -0.3 is 9.47 Å². The topological polar surface area (TPSA) is 83.0 Å². The normalized spacial score (nSPS) is 20.0. The van der Waals surface area contributed by atoms with Gasteiger partial charge in [-0.05, 0) is 45.4 Å². The molecule has 0 saturated carbocycles. The fourth-order valence-corrected chi connectivity index (χ4v) is 5.16. The van der Waals surface area contributed by atoms with Crippen molar-refractivity contribution in [2.24, 2.45) is 7.05 Å². The average molecular weight is 502 g/mol. The van der Waals surface area contributed by atoms with Crippen LogP contribution < -0.4 is 10.6 Å². The number of alkyl halides is 3. The van der Waals surface area contributed by atoms with Gasteiger partial charge in [0.15, 0.2) is 5.82 Å². The van der Waals surface area contributed by atoms with E-state index in [2.05, 4.69) is 27.8 Å². The van der Waals surface area contributed by atoms with Gasteiger partial charge in [-0.3, -0.25) is 9.47 Å². The number of fused-ring (bicyclic) bond motifs is 1. The SMILES string of the molecule is CCn1c(CC#N)nc2c(N3C[C@@H](C)N(C(C)c4ccc(C(F)(F)F)cc4)C[C@@H]3C)nc(=O)n(C)c21. The number of anilines is 1. The van der Waals surface area contributed by atoms with E-state index in [1.54, 1.807) is 7.05 Å². The van der Waals surface area contributed by atoms with Crippen molar-refractivity contribution >= 4 is 17.0 Å². The zero-order valence-corrected chi connectivity index (χ0v) is 21.0. The van der Waals surface area contributed by atoms with E-state index in [9.17, 15) is 23.2 Å². The summed E-state index contributed by atoms with van der Waals surface area (Å²) in [6, 6.07) is 7.37. The number of rotatable bonds is 5. The fraction of sp³-hybridized carbons (Fsp3) is 0.520. The number of hydrogen-bond donors (Lipinski definition) is 0. The summed E-state index contributed by atoms with van der Waals surface area (Å²) in [6.07, 6.45) is -4.24. The van der Waals surface area contributed by atoms with Crippen LogP contribution in [0.15, 0.2) is 29.1 Å². The molecule has 8 nitrogen and oxygen atoms in total. The number of hydrogen-bond acceptors (Lipinski definition) is 6. The Morgan fingerprint density at radius 2 is 1.81 bits per heavy atom. The minimum absolute atomic E-state index is 0.0336. The van der Waals surface area contributed by atoms with Gasteiger partial charge in [-0.25, -0.2) is 9.78 Å². The quantitative estimate of drug-likeness (QED) is 0.528. The number of aryl methyl sites for hydroxylation is 2. The van der Waals surface area contributed by atoms with Crippen molar-refractivity contribution in [3.05, 3.63) is 51.7 Å². The summed E-state index contributed by atoms with van der Waals surface area (Å²) in [5.41, 5.74) is 0.988. The summed E-state index contributed by atoms with van der Waals surface area (Å²) in [4.78, 5) is 26.2. The van der Waals surface area contributed by atoms with Gasteiger partial charge in [0.25, 0.3) is 0 Å². The molecule has 0 aliphatic carbocycles. The van der Waals surface area contributed by atoms with Crippen molar-refractivity contribution in [1.82, 2.24) is 24.0 Å². The number of halogens is 3. The van der Waals surface area contributed by atoms with Gasteiger partial charge in [0.05, 0.1) is 18.1 Å². The lowest BCUT2D eigenvalue weighted by atomic mass is 9.99. The zero-order valence-electron chi connectivity index (χ0n) is 21.0. The Labute approximate surface area is 207 Å². The van der Waals surface area contributed by atoms with Crippen LogP contribution >= 0.6 is 0 Å². The number of benzene rings is 1. The molecule has 1 aliphatic heterocycles. The highest BCUT2D eigenvalue weighted by Gasteiger charge is 2.35. The Balaban J connectivity index is 1.66. The van der Waals surface area contributed by atoms with Crippen LogP contribution in [-0.4, -0.2) is 49.2 Å². The molecule has 1 fully saturated rings. The molecule has 1 aliphatic rings. The van der Waals surface area contributed by atoms with Crippen molar-refractivity contribution in [3.63, 3.8) is 0 Å². The van der Waals surface area contributed by atoms with Gasteiger partial charge in [-0.1, -0.05) is 12.1 Å². The summed E-state index contributed by atoms with van der Waals surface area (Å²) >= 11 is 0. The molecular weight excluding hydrogens is 471 g/mol. The molecule has 4 rings (SSSR count). The number of piperazine rings is 1. The van der Waals surface area contributed by atoms with E-state index >= 15 is 0 Å². The van der Waals surface area contributed by atoms with Crippen LogP contribution in [0, 0.1) is 11.3 Å². The van der Waals surface area contributed by atoms with Crippen molar-refractivity contribution in [2.75, 3.05) is 18.0 Å². The predicted octanol–water partition coefficient (Wildman–Crippen LogP) is 3.89. The molecule has 0 N–H and O–H groups in total. The molecule has 1 unspecified atom stereocenters. The van der Waals surface area contributed by atoms with Gasteiger partial charge in [0.1, 0.15) is 17.0 Å². The molecule has 2 aromatic heterocycles. The van der Waals surface area contributed by atoms with Crippen LogP contribution in [0.2, 0.25) is 0 Å². The highest BCUT2D eigenvalue weighted by molar-refractivity contribution is 5.84. The molecule has 192 valence electrons. The van der Waals surface area contributed by atoms with E-state index < -0.39 is 17.4 Å². The molecule has 0 spiro atoms. The van der Waals surface area contributed by atoms with E-state index in [4.69, 9.17) is 4.98 Å². The van der Waals surface area contributed by atoms with Gasteiger partial charge in [-0.2, -0.15) is 23.4 Å². The first-order valence-corrected chi connectivity index (χ1v) is 12.0. The summed E-state index contributed by atoms with van der Waals surface area (Å²) < 4.78 is 42.3. The van der Waals surface area contributed by atoms with Crippen LogP contribution in [0.3, 0.4) is 0 Å². The van der Waals surface area contributed by atoms with Crippen LogP contribution in [0.4, 0.5) is 19.0 Å². The second kappa shape index (κ2) is 9.58. The largest absolute Gasteiger partial charge is 0.416 e. The van der Waals surface area contributed by atoms with Gasteiger partial charge in [0, 0.05) is 44.8 Å². The van der Waals surface area contributed by atoms with Crippen LogP contribution in [0.5, 0.6) is 0 Å². The first-order valence-electron chi connectivity index (χ1n) is 12.0. The van der Waals surface area contributed by atoms with Crippen molar-refractivity contribution in [2.45, 2.75) is 65.0 Å².